The minimum atomic E-state index is -0.167. The Morgan fingerprint density at radius 3 is 0.970 bits per heavy atom. The summed E-state index contributed by atoms with van der Waals surface area (Å²) in [6.07, 6.45) is 0. The van der Waals surface area contributed by atoms with Gasteiger partial charge in [0.05, 0.1) is 0 Å². The highest BCUT2D eigenvalue weighted by molar-refractivity contribution is 5.85. The van der Waals surface area contributed by atoms with E-state index in [9.17, 15) is 0 Å². The van der Waals surface area contributed by atoms with E-state index in [1.807, 2.05) is 72.8 Å². The highest BCUT2D eigenvalue weighted by Gasteiger charge is 2.23. The maximum absolute atomic E-state index is 5.91. The number of nitrogen functional groups attached to an aromatic ring is 2. The maximum Gasteiger partial charge on any atom is 0.127 e. The molecule has 0 amide bonds. The summed E-state index contributed by atoms with van der Waals surface area (Å²) in [6.45, 7) is 4.41. The van der Waals surface area contributed by atoms with Crippen molar-refractivity contribution >= 4 is 36.2 Å². The molecule has 0 aromatic heterocycles. The summed E-state index contributed by atoms with van der Waals surface area (Å²) < 4.78 is 11.8. The van der Waals surface area contributed by atoms with Crippen LogP contribution < -0.4 is 20.9 Å². The molecule has 0 aliphatic rings. The van der Waals surface area contributed by atoms with Gasteiger partial charge in [-0.1, -0.05) is 38.1 Å². The molecule has 0 bridgehead atoms. The first-order chi connectivity index (χ1) is 14.9. The zero-order valence-corrected chi connectivity index (χ0v) is 20.2. The minimum Gasteiger partial charge on any atom is -0.457 e. The second-order valence-electron chi connectivity index (χ2n) is 8.02. The summed E-state index contributed by atoms with van der Waals surface area (Å²) in [6, 6.07) is 31.1. The van der Waals surface area contributed by atoms with Crippen molar-refractivity contribution in [1.82, 2.24) is 0 Å². The number of nitrogens with two attached hydrogens (primary N) is 2. The number of hydrogen-bond donors (Lipinski definition) is 2. The van der Waals surface area contributed by atoms with Crippen LogP contribution in [0.2, 0.25) is 0 Å². The fraction of sp³-hybridized carbons (Fsp3) is 0.111. The number of rotatable bonds is 6. The Hall–Kier alpha value is -3.34. The fourth-order valence-corrected chi connectivity index (χ4v) is 3.39. The van der Waals surface area contributed by atoms with Gasteiger partial charge >= 0.3 is 0 Å². The fourth-order valence-electron chi connectivity index (χ4n) is 3.39. The van der Waals surface area contributed by atoms with Crippen molar-refractivity contribution < 1.29 is 9.47 Å². The highest BCUT2D eigenvalue weighted by Crippen LogP contribution is 2.34. The molecule has 4 aromatic carbocycles. The van der Waals surface area contributed by atoms with E-state index in [1.54, 1.807) is 0 Å². The molecule has 0 radical (unpaired) electrons. The molecule has 4 aromatic rings. The van der Waals surface area contributed by atoms with E-state index in [0.29, 0.717) is 11.4 Å². The molecule has 6 heteroatoms. The van der Waals surface area contributed by atoms with Gasteiger partial charge in [0.1, 0.15) is 23.0 Å². The van der Waals surface area contributed by atoms with Gasteiger partial charge in [0.2, 0.25) is 0 Å². The highest BCUT2D eigenvalue weighted by atomic mass is 35.5. The van der Waals surface area contributed by atoms with Crippen LogP contribution in [0.5, 0.6) is 23.0 Å². The first-order valence-corrected chi connectivity index (χ1v) is 10.2. The summed E-state index contributed by atoms with van der Waals surface area (Å²) >= 11 is 0. The summed E-state index contributed by atoms with van der Waals surface area (Å²) in [4.78, 5) is 0. The van der Waals surface area contributed by atoms with Gasteiger partial charge in [-0.2, -0.15) is 0 Å². The second kappa shape index (κ2) is 11.0. The van der Waals surface area contributed by atoms with Crippen molar-refractivity contribution in [3.63, 3.8) is 0 Å². The number of hydrogen-bond acceptors (Lipinski definition) is 4. The molecule has 0 aliphatic carbocycles. The summed E-state index contributed by atoms with van der Waals surface area (Å²) in [5.41, 5.74) is 15.1. The molecule has 0 saturated heterocycles. The Bertz CT molecular complexity index is 1050. The van der Waals surface area contributed by atoms with Crippen molar-refractivity contribution in [2.24, 2.45) is 0 Å². The Morgan fingerprint density at radius 2 is 0.697 bits per heavy atom. The third kappa shape index (κ3) is 6.35. The van der Waals surface area contributed by atoms with Crippen LogP contribution in [0.25, 0.3) is 0 Å². The van der Waals surface area contributed by atoms with Crippen LogP contribution in [0.15, 0.2) is 97.1 Å². The van der Waals surface area contributed by atoms with Crippen LogP contribution in [0, 0.1) is 0 Å². The molecule has 0 fully saturated rings. The molecule has 0 heterocycles. The summed E-state index contributed by atoms with van der Waals surface area (Å²) in [7, 11) is 0. The van der Waals surface area contributed by atoms with Gasteiger partial charge in [-0.15, -0.1) is 24.8 Å². The SMILES string of the molecule is CC(C)(c1ccc(Oc2ccc(N)cc2)cc1)c1ccc(Oc2ccc(N)cc2)cc1.Cl.Cl. The van der Waals surface area contributed by atoms with Crippen molar-refractivity contribution in [2.75, 3.05) is 11.5 Å². The van der Waals surface area contributed by atoms with E-state index in [2.05, 4.69) is 38.1 Å². The van der Waals surface area contributed by atoms with Crippen LogP contribution in [0.1, 0.15) is 25.0 Å². The normalized spacial score (nSPS) is 10.5. The number of ether oxygens (including phenoxy) is 2. The molecule has 4 rings (SSSR count). The first-order valence-electron chi connectivity index (χ1n) is 10.2. The molecule has 0 atom stereocenters. The van der Waals surface area contributed by atoms with Crippen molar-refractivity contribution in [3.05, 3.63) is 108 Å². The first kappa shape index (κ1) is 25.9. The molecule has 33 heavy (non-hydrogen) atoms. The molecule has 4 N–H and O–H groups in total. The largest absolute Gasteiger partial charge is 0.457 e. The lowest BCUT2D eigenvalue weighted by atomic mass is 9.78. The molecule has 0 saturated carbocycles. The van der Waals surface area contributed by atoms with Gasteiger partial charge in [-0.25, -0.2) is 0 Å². The van der Waals surface area contributed by atoms with Gasteiger partial charge in [0.15, 0.2) is 0 Å². The number of benzene rings is 4. The standard InChI is InChI=1S/C27H26N2O2.2ClH/c1-27(2,19-3-11-23(12-4-19)30-25-15-7-21(28)8-16-25)20-5-13-24(14-6-20)31-26-17-9-22(29)10-18-26;;/h3-18H,28-29H2,1-2H3;2*1H. The summed E-state index contributed by atoms with van der Waals surface area (Å²) in [5.74, 6) is 3.10. The third-order valence-corrected chi connectivity index (χ3v) is 5.38. The molecule has 0 spiro atoms. The molecule has 4 nitrogen and oxygen atoms in total. The van der Waals surface area contributed by atoms with E-state index < -0.39 is 0 Å². The van der Waals surface area contributed by atoms with Gasteiger partial charge in [0, 0.05) is 16.8 Å². The average molecular weight is 483 g/mol. The van der Waals surface area contributed by atoms with E-state index >= 15 is 0 Å². The van der Waals surface area contributed by atoms with Crippen LogP contribution in [0.3, 0.4) is 0 Å². The van der Waals surface area contributed by atoms with E-state index in [-0.39, 0.29) is 30.2 Å². The predicted molar refractivity (Wildman–Crippen MR) is 141 cm³/mol. The molecule has 0 unspecified atom stereocenters. The Kier molecular flexibility index (Phi) is 8.63. The van der Waals surface area contributed by atoms with Gasteiger partial charge in [-0.3, -0.25) is 0 Å². The van der Waals surface area contributed by atoms with Crippen LogP contribution in [-0.2, 0) is 5.41 Å². The molecule has 0 aliphatic heterocycles. The quantitative estimate of drug-likeness (QED) is 0.277. The van der Waals surface area contributed by atoms with Crippen LogP contribution in [-0.4, -0.2) is 0 Å². The lowest BCUT2D eigenvalue weighted by Gasteiger charge is -2.26. The lowest BCUT2D eigenvalue weighted by molar-refractivity contribution is 0.481. The van der Waals surface area contributed by atoms with Crippen LogP contribution >= 0.6 is 24.8 Å². The topological polar surface area (TPSA) is 70.5 Å². The minimum absolute atomic E-state index is 0. The van der Waals surface area contributed by atoms with Gasteiger partial charge in [0.25, 0.3) is 0 Å². The molecular formula is C27H28Cl2N2O2. The number of halogens is 2. The van der Waals surface area contributed by atoms with Crippen molar-refractivity contribution in [3.8, 4) is 23.0 Å². The van der Waals surface area contributed by atoms with Crippen molar-refractivity contribution in [2.45, 2.75) is 19.3 Å². The molecule has 172 valence electrons. The Balaban J connectivity index is 0.00000193. The molecular weight excluding hydrogens is 455 g/mol. The van der Waals surface area contributed by atoms with Gasteiger partial charge < -0.3 is 20.9 Å². The second-order valence-corrected chi connectivity index (χ2v) is 8.02. The maximum atomic E-state index is 5.91. The Morgan fingerprint density at radius 1 is 0.455 bits per heavy atom. The monoisotopic (exact) mass is 482 g/mol. The van der Waals surface area contributed by atoms with E-state index in [1.165, 1.54) is 11.1 Å². The average Bonchev–Trinajstić information content (AvgIpc) is 2.78. The van der Waals surface area contributed by atoms with Crippen LogP contribution in [0.4, 0.5) is 11.4 Å². The Labute approximate surface area is 207 Å². The number of anilines is 2. The zero-order chi connectivity index (χ0) is 21.8. The summed E-state index contributed by atoms with van der Waals surface area (Å²) in [5, 5.41) is 0. The van der Waals surface area contributed by atoms with E-state index in [4.69, 9.17) is 20.9 Å². The predicted octanol–water partition coefficient (Wildman–Crippen LogP) is 7.61. The zero-order valence-electron chi connectivity index (χ0n) is 18.5. The lowest BCUT2D eigenvalue weighted by Crippen LogP contribution is -2.18. The van der Waals surface area contributed by atoms with E-state index in [0.717, 1.165) is 23.0 Å². The smallest absolute Gasteiger partial charge is 0.127 e. The van der Waals surface area contributed by atoms with Crippen molar-refractivity contribution in [1.29, 1.82) is 0 Å². The van der Waals surface area contributed by atoms with Gasteiger partial charge in [-0.05, 0) is 83.9 Å². The third-order valence-electron chi connectivity index (χ3n) is 5.38.